The van der Waals surface area contributed by atoms with Crippen molar-refractivity contribution in [2.75, 3.05) is 33.2 Å². The molecule has 240 valence electrons. The molecule has 0 aliphatic rings. The molecule has 0 radical (unpaired) electrons. The van der Waals surface area contributed by atoms with Crippen LogP contribution in [-0.2, 0) is 13.5 Å². The Labute approximate surface area is 271 Å². The standard InChI is InChI=1S/C37H36N4O6/c1-41-30-14-7-5-12-26(30)35(42)33(36(41)43)32(22-10-9-11-23(20-22)45-2)34-25(27-21-24(46-3)16-17-28(27)39-34)18-19-38-37(44)40-29-13-6-8-15-31(29)47-4/h5-17,20-21,32,39,42H,18-19H2,1-4H3,(H2,38,40,44). The minimum absolute atomic E-state index is 0.0898. The first kappa shape index (κ1) is 31.1. The molecule has 10 heteroatoms. The maximum absolute atomic E-state index is 14.2. The van der Waals surface area contributed by atoms with Gasteiger partial charge in [0.05, 0.1) is 44.0 Å². The molecule has 0 aliphatic carbocycles. The predicted octanol–water partition coefficient (Wildman–Crippen LogP) is 6.30. The summed E-state index contributed by atoms with van der Waals surface area (Å²) in [5.74, 6) is 1.01. The van der Waals surface area contributed by atoms with Crippen LogP contribution in [0.4, 0.5) is 10.5 Å². The number of amides is 2. The number of benzene rings is 4. The number of urea groups is 1. The summed E-state index contributed by atoms with van der Waals surface area (Å²) in [5, 5.41) is 19.0. The highest BCUT2D eigenvalue weighted by molar-refractivity contribution is 5.91. The number of H-pyrrole nitrogens is 1. The number of carbonyl (C=O) groups excluding carboxylic acids is 1. The van der Waals surface area contributed by atoms with Crippen molar-refractivity contribution >= 4 is 33.5 Å². The molecule has 4 N–H and O–H groups in total. The first-order valence-electron chi connectivity index (χ1n) is 15.2. The van der Waals surface area contributed by atoms with Gasteiger partial charge in [0.1, 0.15) is 23.0 Å². The Hall–Kier alpha value is -5.90. The zero-order valence-electron chi connectivity index (χ0n) is 26.6. The lowest BCUT2D eigenvalue weighted by atomic mass is 9.85. The fraction of sp³-hybridized carbons (Fsp3) is 0.189. The average molecular weight is 633 g/mol. The van der Waals surface area contributed by atoms with Gasteiger partial charge in [0.25, 0.3) is 5.56 Å². The third-order valence-electron chi connectivity index (χ3n) is 8.48. The van der Waals surface area contributed by atoms with Crippen LogP contribution in [0.15, 0.2) is 95.8 Å². The Morgan fingerprint density at radius 1 is 0.872 bits per heavy atom. The van der Waals surface area contributed by atoms with Crippen molar-refractivity contribution in [2.24, 2.45) is 7.05 Å². The second-order valence-corrected chi connectivity index (χ2v) is 11.1. The summed E-state index contributed by atoms with van der Waals surface area (Å²) >= 11 is 0. The maximum atomic E-state index is 14.2. The van der Waals surface area contributed by atoms with Gasteiger partial charge in [-0.25, -0.2) is 4.79 Å². The summed E-state index contributed by atoms with van der Waals surface area (Å²) in [6.07, 6.45) is 0.400. The van der Waals surface area contributed by atoms with Crippen LogP contribution in [0.2, 0.25) is 0 Å². The molecule has 2 aromatic heterocycles. The molecule has 0 saturated heterocycles. The van der Waals surface area contributed by atoms with E-state index in [0.717, 1.165) is 22.0 Å². The number of aromatic nitrogens is 2. The second kappa shape index (κ2) is 13.2. The SMILES string of the molecule is COc1cccc(C(c2[nH]c3ccc(OC)cc3c2CCNC(=O)Nc2ccccc2OC)c2c(O)c3ccccc3n(C)c2=O)c1. The molecule has 0 spiro atoms. The fourth-order valence-corrected chi connectivity index (χ4v) is 6.17. The zero-order chi connectivity index (χ0) is 33.1. The molecular weight excluding hydrogens is 596 g/mol. The Kier molecular flexibility index (Phi) is 8.75. The smallest absolute Gasteiger partial charge is 0.319 e. The van der Waals surface area contributed by atoms with E-state index in [1.165, 1.54) is 0 Å². The Morgan fingerprint density at radius 2 is 1.62 bits per heavy atom. The first-order chi connectivity index (χ1) is 22.8. The van der Waals surface area contributed by atoms with Crippen LogP contribution in [0.5, 0.6) is 23.0 Å². The number of aromatic hydroxyl groups is 1. The zero-order valence-corrected chi connectivity index (χ0v) is 26.6. The minimum atomic E-state index is -0.718. The van der Waals surface area contributed by atoms with Crippen molar-refractivity contribution in [2.45, 2.75) is 12.3 Å². The molecular formula is C37H36N4O6. The molecule has 2 amide bonds. The molecule has 6 rings (SSSR count). The third kappa shape index (κ3) is 5.93. The first-order valence-corrected chi connectivity index (χ1v) is 15.2. The lowest BCUT2D eigenvalue weighted by molar-refractivity contribution is 0.252. The van der Waals surface area contributed by atoms with Crippen LogP contribution in [-0.4, -0.2) is 48.6 Å². The molecule has 0 bridgehead atoms. The van der Waals surface area contributed by atoms with Gasteiger partial charge < -0.3 is 39.5 Å². The number of anilines is 1. The molecule has 47 heavy (non-hydrogen) atoms. The molecule has 6 aromatic rings. The van der Waals surface area contributed by atoms with E-state index in [9.17, 15) is 14.7 Å². The highest BCUT2D eigenvalue weighted by Crippen LogP contribution is 2.42. The van der Waals surface area contributed by atoms with E-state index in [1.54, 1.807) is 51.1 Å². The fourth-order valence-electron chi connectivity index (χ4n) is 6.17. The molecule has 10 nitrogen and oxygen atoms in total. The Bertz CT molecular complexity index is 2150. The molecule has 0 saturated carbocycles. The number of methoxy groups -OCH3 is 3. The van der Waals surface area contributed by atoms with Gasteiger partial charge in [0.2, 0.25) is 0 Å². The van der Waals surface area contributed by atoms with E-state index >= 15 is 0 Å². The topological polar surface area (TPSA) is 127 Å². The number of carbonyl (C=O) groups is 1. The third-order valence-corrected chi connectivity index (χ3v) is 8.48. The van der Waals surface area contributed by atoms with Crippen molar-refractivity contribution in [3.8, 4) is 23.0 Å². The number of pyridine rings is 1. The quantitative estimate of drug-likeness (QED) is 0.141. The van der Waals surface area contributed by atoms with Gasteiger partial charge >= 0.3 is 6.03 Å². The van der Waals surface area contributed by atoms with Crippen LogP contribution in [0, 0.1) is 0 Å². The van der Waals surface area contributed by atoms with E-state index in [-0.39, 0.29) is 29.4 Å². The number of para-hydroxylation sites is 3. The van der Waals surface area contributed by atoms with Crippen LogP contribution < -0.4 is 30.4 Å². The number of aromatic amines is 1. The highest BCUT2D eigenvalue weighted by Gasteiger charge is 2.30. The number of nitrogens with zero attached hydrogens (tertiary/aromatic N) is 1. The minimum Gasteiger partial charge on any atom is -0.507 e. The Balaban J connectivity index is 1.49. The van der Waals surface area contributed by atoms with E-state index in [2.05, 4.69) is 15.6 Å². The van der Waals surface area contributed by atoms with Gasteiger partial charge in [-0.05, 0) is 72.1 Å². The van der Waals surface area contributed by atoms with Crippen LogP contribution >= 0.6 is 0 Å². The number of hydrogen-bond acceptors (Lipinski definition) is 6. The van der Waals surface area contributed by atoms with Gasteiger partial charge in [0, 0.05) is 35.6 Å². The van der Waals surface area contributed by atoms with Crippen LogP contribution in [0.1, 0.15) is 28.3 Å². The van der Waals surface area contributed by atoms with Crippen LogP contribution in [0.3, 0.4) is 0 Å². The second-order valence-electron chi connectivity index (χ2n) is 11.1. The monoisotopic (exact) mass is 632 g/mol. The van der Waals surface area contributed by atoms with Crippen molar-refractivity contribution < 1.29 is 24.1 Å². The maximum Gasteiger partial charge on any atom is 0.319 e. The number of ether oxygens (including phenoxy) is 3. The molecule has 1 unspecified atom stereocenters. The molecule has 4 aromatic carbocycles. The summed E-state index contributed by atoms with van der Waals surface area (Å²) in [6.45, 7) is 0.269. The van der Waals surface area contributed by atoms with Gasteiger partial charge in [0.15, 0.2) is 0 Å². The van der Waals surface area contributed by atoms with Crippen molar-refractivity contribution in [3.05, 3.63) is 124 Å². The number of nitrogens with one attached hydrogen (secondary N) is 3. The summed E-state index contributed by atoms with van der Waals surface area (Å²) in [4.78, 5) is 30.7. The van der Waals surface area contributed by atoms with E-state index in [0.29, 0.717) is 46.0 Å². The number of aryl methyl sites for hydroxylation is 1. The van der Waals surface area contributed by atoms with E-state index in [4.69, 9.17) is 14.2 Å². The lowest BCUT2D eigenvalue weighted by Crippen LogP contribution is -2.31. The highest BCUT2D eigenvalue weighted by atomic mass is 16.5. The van der Waals surface area contributed by atoms with E-state index in [1.807, 2.05) is 72.8 Å². The largest absolute Gasteiger partial charge is 0.507 e. The average Bonchev–Trinajstić information content (AvgIpc) is 3.46. The van der Waals surface area contributed by atoms with Crippen molar-refractivity contribution in [3.63, 3.8) is 0 Å². The number of rotatable bonds is 10. The summed E-state index contributed by atoms with van der Waals surface area (Å²) < 4.78 is 18.1. The number of fused-ring (bicyclic) bond motifs is 2. The Morgan fingerprint density at radius 3 is 2.40 bits per heavy atom. The normalized spacial score (nSPS) is 11.7. The molecule has 0 aliphatic heterocycles. The predicted molar refractivity (Wildman–Crippen MR) is 183 cm³/mol. The molecule has 2 heterocycles. The number of hydrogen-bond donors (Lipinski definition) is 4. The van der Waals surface area contributed by atoms with Gasteiger partial charge in [-0.2, -0.15) is 0 Å². The van der Waals surface area contributed by atoms with Crippen molar-refractivity contribution in [1.29, 1.82) is 0 Å². The van der Waals surface area contributed by atoms with E-state index < -0.39 is 5.92 Å². The van der Waals surface area contributed by atoms with Gasteiger partial charge in [-0.15, -0.1) is 0 Å². The summed E-state index contributed by atoms with van der Waals surface area (Å²) in [6, 6.07) is 27.2. The van der Waals surface area contributed by atoms with Crippen LogP contribution in [0.25, 0.3) is 21.8 Å². The lowest BCUT2D eigenvalue weighted by Gasteiger charge is -2.22. The summed E-state index contributed by atoms with van der Waals surface area (Å²) in [5.41, 5.74) is 4.19. The van der Waals surface area contributed by atoms with Gasteiger partial charge in [-0.3, -0.25) is 4.79 Å². The van der Waals surface area contributed by atoms with Crippen molar-refractivity contribution in [1.82, 2.24) is 14.9 Å². The van der Waals surface area contributed by atoms with Gasteiger partial charge in [-0.1, -0.05) is 36.4 Å². The summed E-state index contributed by atoms with van der Waals surface area (Å²) in [7, 11) is 6.44. The molecule has 1 atom stereocenters. The molecule has 0 fully saturated rings.